The van der Waals surface area contributed by atoms with Crippen LogP contribution in [0.3, 0.4) is 0 Å². The molecule has 0 atom stereocenters. The topological polar surface area (TPSA) is 17.1 Å². The van der Waals surface area contributed by atoms with Crippen LogP contribution in [0.25, 0.3) is 0 Å². The molecule has 0 heterocycles. The van der Waals surface area contributed by atoms with Crippen molar-refractivity contribution in [2.24, 2.45) is 0 Å². The number of carbonyl (C=O) groups excluding carboxylic acids is 1. The van der Waals surface area contributed by atoms with Gasteiger partial charge in [0.1, 0.15) is 0 Å². The predicted octanol–water partition coefficient (Wildman–Crippen LogP) is 2.09. The number of rotatable bonds is 3. The quantitative estimate of drug-likeness (QED) is 0.727. The Balaban J connectivity index is 0. The molecule has 0 aromatic carbocycles. The van der Waals surface area contributed by atoms with Crippen molar-refractivity contribution in [1.29, 1.82) is 0 Å². The number of allylic oxidation sites excluding steroid dienone is 1. The first-order valence-electron chi connectivity index (χ1n) is 3.67. The van der Waals surface area contributed by atoms with Gasteiger partial charge < -0.3 is 0 Å². The van der Waals surface area contributed by atoms with E-state index in [1.165, 1.54) is 31.9 Å². The minimum atomic E-state index is 0.154. The minimum absolute atomic E-state index is 0.154. The zero-order valence-corrected chi connectivity index (χ0v) is 10.3. The van der Waals surface area contributed by atoms with Gasteiger partial charge in [-0.15, -0.1) is 0 Å². The van der Waals surface area contributed by atoms with Crippen LogP contribution < -0.4 is 0 Å². The van der Waals surface area contributed by atoms with Crippen molar-refractivity contribution in [2.45, 2.75) is 33.6 Å². The van der Waals surface area contributed by atoms with Crippen molar-refractivity contribution < 1.29 is 24.1 Å². The summed E-state index contributed by atoms with van der Waals surface area (Å²) in [6, 6.07) is 0. The zero-order chi connectivity index (χ0) is 9.28. The monoisotopic (exact) mass is 323 g/mol. The van der Waals surface area contributed by atoms with Crippen molar-refractivity contribution in [3.8, 4) is 0 Å². The normalized spacial score (nSPS) is 7.55. The Morgan fingerprint density at radius 2 is 1.91 bits per heavy atom. The van der Waals surface area contributed by atoms with E-state index in [0.717, 1.165) is 3.90 Å². The first kappa shape index (κ1) is 13.6. The van der Waals surface area contributed by atoms with E-state index in [-0.39, 0.29) is 5.78 Å². The van der Waals surface area contributed by atoms with Gasteiger partial charge in [-0.2, -0.15) is 0 Å². The summed E-state index contributed by atoms with van der Waals surface area (Å²) in [5.41, 5.74) is 0. The molecule has 11 heavy (non-hydrogen) atoms. The molecule has 0 fully saturated rings. The van der Waals surface area contributed by atoms with Crippen LogP contribution in [-0.4, -0.2) is 9.68 Å². The first-order chi connectivity index (χ1) is 5.09. The van der Waals surface area contributed by atoms with Gasteiger partial charge in [0.05, 0.1) is 0 Å². The number of ketones is 1. The summed E-state index contributed by atoms with van der Waals surface area (Å²) in [4.78, 5) is 10.4. The van der Waals surface area contributed by atoms with E-state index in [2.05, 4.69) is 13.8 Å². The maximum absolute atomic E-state index is 10.4. The summed E-state index contributed by atoms with van der Waals surface area (Å²) in [5.74, 6) is 0.154. The van der Waals surface area contributed by atoms with Crippen LogP contribution in [0.2, 0.25) is 0 Å². The standard InChI is InChI=1S/C6H7O.C3H8.W/c1-3-4-5-6(2)7;1-3-2;/h1,3H,4H2,2H3;3H2,1-2H3;/q-1;;. The summed E-state index contributed by atoms with van der Waals surface area (Å²) < 4.78 is 0.896. The van der Waals surface area contributed by atoms with Gasteiger partial charge in [-0.25, -0.2) is 0 Å². The molecule has 0 N–H and O–H groups in total. The summed E-state index contributed by atoms with van der Waals surface area (Å²) in [5, 5.41) is 0. The van der Waals surface area contributed by atoms with E-state index in [1.54, 1.807) is 6.92 Å². The summed E-state index contributed by atoms with van der Waals surface area (Å²) >= 11 is 1.22. The number of hydrogen-bond acceptors (Lipinski definition) is 1. The average Bonchev–Trinajstić information content (AvgIpc) is 1.90. The third-order valence-electron chi connectivity index (χ3n) is 0.696. The Kier molecular flexibility index (Phi) is 12.3. The average molecular weight is 323 g/mol. The van der Waals surface area contributed by atoms with Crippen molar-refractivity contribution in [2.75, 3.05) is 0 Å². The van der Waals surface area contributed by atoms with Gasteiger partial charge in [0.2, 0.25) is 0 Å². The van der Waals surface area contributed by atoms with Crippen LogP contribution >= 0.6 is 0 Å². The molecule has 0 radical (unpaired) electrons. The SMILES string of the molecule is CCC.[CH-]=CC[C](=[W])C(C)=O. The van der Waals surface area contributed by atoms with Gasteiger partial charge in [0.15, 0.2) is 0 Å². The number of carbonyl (C=O) groups is 1. The van der Waals surface area contributed by atoms with Crippen molar-refractivity contribution in [1.82, 2.24) is 0 Å². The third-order valence-corrected chi connectivity index (χ3v) is 2.33. The van der Waals surface area contributed by atoms with E-state index in [4.69, 9.17) is 6.58 Å². The molecule has 2 heteroatoms. The molecular formula is C9H15OW-. The molecule has 0 aromatic rings. The zero-order valence-electron chi connectivity index (χ0n) is 7.39. The second kappa shape index (κ2) is 9.97. The molecular weight excluding hydrogens is 308 g/mol. The van der Waals surface area contributed by atoms with Crippen molar-refractivity contribution in [3.63, 3.8) is 0 Å². The first-order valence-corrected chi connectivity index (χ1v) is 5.13. The molecule has 64 valence electrons. The molecule has 0 aromatic heterocycles. The van der Waals surface area contributed by atoms with Crippen LogP contribution in [0.1, 0.15) is 33.6 Å². The van der Waals surface area contributed by atoms with E-state index < -0.39 is 0 Å². The van der Waals surface area contributed by atoms with Crippen molar-refractivity contribution in [3.05, 3.63) is 12.7 Å². The van der Waals surface area contributed by atoms with Gasteiger partial charge >= 0.3 is 59.8 Å². The molecule has 0 aliphatic carbocycles. The van der Waals surface area contributed by atoms with E-state index in [9.17, 15) is 4.79 Å². The summed E-state index contributed by atoms with van der Waals surface area (Å²) in [6.07, 6.45) is 3.40. The fraction of sp³-hybridized carbons (Fsp3) is 0.556. The van der Waals surface area contributed by atoms with Gasteiger partial charge in [0.25, 0.3) is 0 Å². The molecule has 0 bridgehead atoms. The van der Waals surface area contributed by atoms with E-state index in [0.29, 0.717) is 6.42 Å². The van der Waals surface area contributed by atoms with Crippen LogP contribution in [0.5, 0.6) is 0 Å². The molecule has 0 saturated carbocycles. The number of hydrogen-bond donors (Lipinski definition) is 0. The third kappa shape index (κ3) is 13.0. The molecule has 0 unspecified atom stereocenters. The second-order valence-electron chi connectivity index (χ2n) is 2.13. The maximum atomic E-state index is 10.4. The van der Waals surface area contributed by atoms with Gasteiger partial charge in [-0.3, -0.25) is 0 Å². The molecule has 0 amide bonds. The molecule has 0 saturated heterocycles. The predicted molar refractivity (Wildman–Crippen MR) is 45.1 cm³/mol. The molecule has 0 rings (SSSR count). The number of Topliss-reactive ketones (excluding diaryl/α,β-unsaturated/α-hetero) is 1. The van der Waals surface area contributed by atoms with Crippen molar-refractivity contribution >= 4 is 9.68 Å². The van der Waals surface area contributed by atoms with Gasteiger partial charge in [-0.05, 0) is 0 Å². The Morgan fingerprint density at radius 3 is 2.00 bits per heavy atom. The Labute approximate surface area is 80.3 Å². The molecule has 1 nitrogen and oxygen atoms in total. The Morgan fingerprint density at radius 1 is 1.55 bits per heavy atom. The summed E-state index contributed by atoms with van der Waals surface area (Å²) in [7, 11) is 0. The molecule has 0 aliphatic rings. The van der Waals surface area contributed by atoms with Gasteiger partial charge in [0, 0.05) is 0 Å². The van der Waals surface area contributed by atoms with Crippen LogP contribution in [-0.2, 0) is 24.1 Å². The van der Waals surface area contributed by atoms with Crippen LogP contribution in [0.4, 0.5) is 0 Å². The van der Waals surface area contributed by atoms with E-state index >= 15 is 0 Å². The van der Waals surface area contributed by atoms with Crippen LogP contribution in [0.15, 0.2) is 6.08 Å². The Hall–Kier alpha value is -0.0317. The second-order valence-corrected chi connectivity index (χ2v) is 3.90. The van der Waals surface area contributed by atoms with E-state index in [1.807, 2.05) is 0 Å². The summed E-state index contributed by atoms with van der Waals surface area (Å²) in [6.45, 7) is 10.9. The Bertz CT molecular complexity index is 138. The fourth-order valence-electron chi connectivity index (χ4n) is 0.251. The molecule has 0 aliphatic heterocycles. The fourth-order valence-corrected chi connectivity index (χ4v) is 0.596. The molecule has 0 spiro atoms. The van der Waals surface area contributed by atoms with Crippen LogP contribution in [0, 0.1) is 6.58 Å². The van der Waals surface area contributed by atoms with Gasteiger partial charge in [-0.1, -0.05) is 20.3 Å².